The monoisotopic (exact) mass is 234 g/mol. The van der Waals surface area contributed by atoms with Crippen molar-refractivity contribution in [1.82, 2.24) is 4.98 Å². The van der Waals surface area contributed by atoms with Gasteiger partial charge in [0.25, 0.3) is 0 Å². The molecule has 0 bridgehead atoms. The molecule has 1 aromatic carbocycles. The maximum atomic E-state index is 8.80. The van der Waals surface area contributed by atoms with Gasteiger partial charge in [-0.2, -0.15) is 0 Å². The summed E-state index contributed by atoms with van der Waals surface area (Å²) in [6.07, 6.45) is 2.59. The summed E-state index contributed by atoms with van der Waals surface area (Å²) < 4.78 is 0. The van der Waals surface area contributed by atoms with Crippen molar-refractivity contribution in [1.29, 1.82) is 0 Å². The van der Waals surface area contributed by atoms with Gasteiger partial charge in [-0.05, 0) is 24.1 Å². The van der Waals surface area contributed by atoms with Crippen molar-refractivity contribution in [3.8, 4) is 0 Å². The van der Waals surface area contributed by atoms with E-state index in [4.69, 9.17) is 5.11 Å². The highest BCUT2D eigenvalue weighted by atomic mass is 32.1. The summed E-state index contributed by atoms with van der Waals surface area (Å²) in [6, 6.07) is 8.13. The Kier molecular flexibility index (Phi) is 3.91. The lowest BCUT2D eigenvalue weighted by atomic mass is 10.1. The summed E-state index contributed by atoms with van der Waals surface area (Å²) in [5.41, 5.74) is 4.09. The van der Waals surface area contributed by atoms with Crippen molar-refractivity contribution in [2.45, 2.75) is 13.0 Å². The predicted molar refractivity (Wildman–Crippen MR) is 66.7 cm³/mol. The first-order valence-corrected chi connectivity index (χ1v) is 6.07. The Labute approximate surface area is 98.8 Å². The summed E-state index contributed by atoms with van der Waals surface area (Å²) >= 11 is 1.65. The molecule has 0 aliphatic rings. The van der Waals surface area contributed by atoms with Crippen LogP contribution in [0, 0.1) is 0 Å². The van der Waals surface area contributed by atoms with Crippen molar-refractivity contribution < 1.29 is 5.11 Å². The summed E-state index contributed by atoms with van der Waals surface area (Å²) in [5, 5.41) is 12.1. The van der Waals surface area contributed by atoms with Crippen LogP contribution in [0.3, 0.4) is 0 Å². The number of aliphatic hydroxyl groups is 1. The Hall–Kier alpha value is -1.39. The van der Waals surface area contributed by atoms with Crippen LogP contribution < -0.4 is 5.32 Å². The largest absolute Gasteiger partial charge is 0.396 e. The summed E-state index contributed by atoms with van der Waals surface area (Å²) in [4.78, 5) is 5.25. The van der Waals surface area contributed by atoms with Gasteiger partial charge in [0.15, 0.2) is 0 Å². The topological polar surface area (TPSA) is 45.1 Å². The lowest BCUT2D eigenvalue weighted by Crippen LogP contribution is -1.97. The van der Waals surface area contributed by atoms with Crippen molar-refractivity contribution in [3.63, 3.8) is 0 Å². The zero-order chi connectivity index (χ0) is 11.2. The van der Waals surface area contributed by atoms with E-state index in [9.17, 15) is 0 Å². The smallest absolute Gasteiger partial charge is 0.0794 e. The lowest BCUT2D eigenvalue weighted by Gasteiger charge is -2.05. The van der Waals surface area contributed by atoms with E-state index in [0.29, 0.717) is 0 Å². The number of nitrogens with zero attached hydrogens (tertiary/aromatic N) is 1. The molecule has 0 atom stereocenters. The predicted octanol–water partition coefficient (Wildman–Crippen LogP) is 2.29. The van der Waals surface area contributed by atoms with Gasteiger partial charge in [-0.15, -0.1) is 11.3 Å². The Morgan fingerprint density at radius 1 is 1.25 bits per heavy atom. The molecule has 0 amide bonds. The second-order valence-electron chi connectivity index (χ2n) is 3.49. The Balaban J connectivity index is 1.90. The van der Waals surface area contributed by atoms with Gasteiger partial charge in [-0.25, -0.2) is 0 Å². The average molecular weight is 234 g/mol. The van der Waals surface area contributed by atoms with Gasteiger partial charge in [0, 0.05) is 23.4 Å². The third-order valence-corrected chi connectivity index (χ3v) is 3.08. The quantitative estimate of drug-likeness (QED) is 0.834. The van der Waals surface area contributed by atoms with E-state index in [-0.39, 0.29) is 6.61 Å². The van der Waals surface area contributed by atoms with Gasteiger partial charge in [0.1, 0.15) is 0 Å². The average Bonchev–Trinajstić information content (AvgIpc) is 2.82. The number of aromatic nitrogens is 1. The minimum Gasteiger partial charge on any atom is -0.396 e. The second kappa shape index (κ2) is 5.63. The molecule has 0 fully saturated rings. The molecule has 3 nitrogen and oxygen atoms in total. The fourth-order valence-corrected chi connectivity index (χ4v) is 1.97. The third-order valence-electron chi connectivity index (χ3n) is 2.30. The molecule has 16 heavy (non-hydrogen) atoms. The van der Waals surface area contributed by atoms with E-state index >= 15 is 0 Å². The molecule has 1 heterocycles. The van der Waals surface area contributed by atoms with E-state index < -0.39 is 0 Å². The highest BCUT2D eigenvalue weighted by Crippen LogP contribution is 2.13. The van der Waals surface area contributed by atoms with Gasteiger partial charge >= 0.3 is 0 Å². The maximum Gasteiger partial charge on any atom is 0.0794 e. The molecule has 1 aromatic heterocycles. The van der Waals surface area contributed by atoms with E-state index in [1.165, 1.54) is 4.88 Å². The van der Waals surface area contributed by atoms with Crippen LogP contribution >= 0.6 is 11.3 Å². The van der Waals surface area contributed by atoms with Crippen LogP contribution in [-0.4, -0.2) is 16.7 Å². The molecule has 0 spiro atoms. The molecular weight excluding hydrogens is 220 g/mol. The fraction of sp³-hybridized carbons (Fsp3) is 0.250. The first-order chi connectivity index (χ1) is 7.88. The molecule has 0 saturated carbocycles. The maximum absolute atomic E-state index is 8.80. The van der Waals surface area contributed by atoms with Crippen molar-refractivity contribution in [3.05, 3.63) is 46.4 Å². The number of anilines is 1. The summed E-state index contributed by atoms with van der Waals surface area (Å²) in [6.45, 7) is 1.01. The molecule has 2 aromatic rings. The van der Waals surface area contributed by atoms with Crippen molar-refractivity contribution in [2.24, 2.45) is 0 Å². The van der Waals surface area contributed by atoms with Gasteiger partial charge in [0.2, 0.25) is 0 Å². The standard InChI is InChI=1S/C12H14N2OS/c15-6-5-10-1-3-11(4-2-10)14-8-12-7-13-9-16-12/h1-4,7,9,14-15H,5-6,8H2. The fourth-order valence-electron chi connectivity index (χ4n) is 1.44. The van der Waals surface area contributed by atoms with Crippen molar-refractivity contribution >= 4 is 17.0 Å². The number of rotatable bonds is 5. The Morgan fingerprint density at radius 2 is 2.06 bits per heavy atom. The molecule has 0 aliphatic heterocycles. The molecule has 2 N–H and O–H groups in total. The highest BCUT2D eigenvalue weighted by molar-refractivity contribution is 7.09. The molecule has 84 valence electrons. The molecule has 4 heteroatoms. The lowest BCUT2D eigenvalue weighted by molar-refractivity contribution is 0.299. The SMILES string of the molecule is OCCc1ccc(NCc2cncs2)cc1. The Morgan fingerprint density at radius 3 is 2.69 bits per heavy atom. The summed E-state index contributed by atoms with van der Waals surface area (Å²) in [7, 11) is 0. The normalized spacial score (nSPS) is 10.3. The van der Waals surface area contributed by atoms with Crippen LogP contribution in [0.4, 0.5) is 5.69 Å². The number of hydrogen-bond acceptors (Lipinski definition) is 4. The molecule has 0 saturated heterocycles. The number of hydrogen-bond donors (Lipinski definition) is 2. The molecule has 0 radical (unpaired) electrons. The number of thiazole rings is 1. The minimum atomic E-state index is 0.202. The summed E-state index contributed by atoms with van der Waals surface area (Å²) in [5.74, 6) is 0. The number of aliphatic hydroxyl groups excluding tert-OH is 1. The van der Waals surface area contributed by atoms with E-state index in [2.05, 4.69) is 10.3 Å². The van der Waals surface area contributed by atoms with E-state index in [1.54, 1.807) is 11.3 Å². The van der Waals surface area contributed by atoms with Crippen LogP contribution in [0.1, 0.15) is 10.4 Å². The van der Waals surface area contributed by atoms with E-state index in [0.717, 1.165) is 24.2 Å². The number of benzene rings is 1. The number of nitrogens with one attached hydrogen (secondary N) is 1. The third kappa shape index (κ3) is 3.05. The molecule has 2 rings (SSSR count). The molecule has 0 aliphatic carbocycles. The van der Waals surface area contributed by atoms with E-state index in [1.807, 2.05) is 36.0 Å². The Bertz CT molecular complexity index is 411. The first-order valence-electron chi connectivity index (χ1n) is 5.19. The second-order valence-corrected chi connectivity index (χ2v) is 4.46. The van der Waals surface area contributed by atoms with Crippen LogP contribution in [-0.2, 0) is 13.0 Å². The van der Waals surface area contributed by atoms with Crippen LogP contribution in [0.5, 0.6) is 0 Å². The van der Waals surface area contributed by atoms with Crippen LogP contribution in [0.15, 0.2) is 36.0 Å². The highest BCUT2D eigenvalue weighted by Gasteiger charge is 1.96. The minimum absolute atomic E-state index is 0.202. The van der Waals surface area contributed by atoms with Gasteiger partial charge in [-0.3, -0.25) is 4.98 Å². The van der Waals surface area contributed by atoms with Crippen LogP contribution in [0.25, 0.3) is 0 Å². The molecule has 0 unspecified atom stereocenters. The first kappa shape index (κ1) is 11.1. The van der Waals surface area contributed by atoms with Crippen LogP contribution in [0.2, 0.25) is 0 Å². The van der Waals surface area contributed by atoms with Gasteiger partial charge in [-0.1, -0.05) is 12.1 Å². The zero-order valence-electron chi connectivity index (χ0n) is 8.89. The zero-order valence-corrected chi connectivity index (χ0v) is 9.70. The van der Waals surface area contributed by atoms with Crippen molar-refractivity contribution in [2.75, 3.05) is 11.9 Å². The molecular formula is C12H14N2OS. The van der Waals surface area contributed by atoms with Gasteiger partial charge < -0.3 is 10.4 Å². The van der Waals surface area contributed by atoms with Gasteiger partial charge in [0.05, 0.1) is 12.1 Å².